The number of nitrogens with zero attached hydrogens (tertiary/aromatic N) is 1. The first-order chi connectivity index (χ1) is 10.5. The number of methoxy groups -OCH3 is 1. The topological polar surface area (TPSA) is 102 Å². The van der Waals surface area contributed by atoms with Crippen molar-refractivity contribution in [2.75, 3.05) is 20.2 Å². The van der Waals surface area contributed by atoms with Crippen molar-refractivity contribution in [3.63, 3.8) is 0 Å². The molecular formula is C15H20ClN2O5-. The van der Waals surface area contributed by atoms with E-state index in [1.54, 1.807) is 11.0 Å². The van der Waals surface area contributed by atoms with E-state index >= 15 is 0 Å². The highest BCUT2D eigenvalue weighted by atomic mass is 35.5. The largest absolute Gasteiger partial charge is 1.00 e. The van der Waals surface area contributed by atoms with Gasteiger partial charge in [0.1, 0.15) is 6.04 Å². The van der Waals surface area contributed by atoms with Crippen molar-refractivity contribution in [2.45, 2.75) is 25.3 Å². The molecular weight excluding hydrogens is 324 g/mol. The fraction of sp³-hybridized carbons (Fsp3) is 0.467. The molecule has 1 atom stereocenters. The first kappa shape index (κ1) is 19.1. The summed E-state index contributed by atoms with van der Waals surface area (Å²) in [6, 6.07) is 3.72. The molecule has 1 aliphatic heterocycles. The van der Waals surface area contributed by atoms with Crippen LogP contribution < -0.4 is 22.9 Å². The standard InChI is InChI=1S/C15H20N2O5.ClH/c1-21-14(19)11(16)8-10-4-5-12(18)13(9-10)22-15(20)17-6-2-3-7-17;/h4-5,9,11,18H,2-3,6-8,16H2,1H3;1H/p-1/t11-;/m0./s1. The summed E-state index contributed by atoms with van der Waals surface area (Å²) in [5, 5.41) is 9.80. The van der Waals surface area contributed by atoms with Crippen LogP contribution in [-0.4, -0.2) is 48.3 Å². The van der Waals surface area contributed by atoms with Gasteiger partial charge in [0.2, 0.25) is 0 Å². The maximum absolute atomic E-state index is 11.9. The zero-order valence-electron chi connectivity index (χ0n) is 12.8. The predicted molar refractivity (Wildman–Crippen MR) is 78.6 cm³/mol. The van der Waals surface area contributed by atoms with E-state index in [0.717, 1.165) is 12.8 Å². The summed E-state index contributed by atoms with van der Waals surface area (Å²) in [6.07, 6.45) is 1.65. The van der Waals surface area contributed by atoms with Crippen LogP contribution in [0.15, 0.2) is 18.2 Å². The van der Waals surface area contributed by atoms with Crippen molar-refractivity contribution < 1.29 is 36.6 Å². The summed E-state index contributed by atoms with van der Waals surface area (Å²) in [5.74, 6) is -0.599. The fourth-order valence-electron chi connectivity index (χ4n) is 2.31. The lowest BCUT2D eigenvalue weighted by atomic mass is 10.1. The Bertz CT molecular complexity index is 561. The first-order valence-corrected chi connectivity index (χ1v) is 7.13. The average Bonchev–Trinajstić information content (AvgIpc) is 3.04. The van der Waals surface area contributed by atoms with Gasteiger partial charge in [-0.1, -0.05) is 6.07 Å². The van der Waals surface area contributed by atoms with Crippen molar-refractivity contribution in [3.05, 3.63) is 23.8 Å². The van der Waals surface area contributed by atoms with E-state index in [1.165, 1.54) is 19.2 Å². The summed E-state index contributed by atoms with van der Waals surface area (Å²) >= 11 is 0. The Labute approximate surface area is 140 Å². The summed E-state index contributed by atoms with van der Waals surface area (Å²) in [6.45, 7) is 1.32. The third-order valence-corrected chi connectivity index (χ3v) is 3.55. The molecule has 0 bridgehead atoms. The highest BCUT2D eigenvalue weighted by Crippen LogP contribution is 2.28. The van der Waals surface area contributed by atoms with Gasteiger partial charge in [-0.25, -0.2) is 4.79 Å². The summed E-state index contributed by atoms with van der Waals surface area (Å²) in [5.41, 5.74) is 6.36. The molecule has 1 saturated heterocycles. The van der Waals surface area contributed by atoms with Crippen LogP contribution in [-0.2, 0) is 16.0 Å². The molecule has 1 heterocycles. The lowest BCUT2D eigenvalue weighted by Gasteiger charge is -2.16. The smallest absolute Gasteiger partial charge is 0.415 e. The number of phenolic OH excluding ortho intramolecular Hbond substituents is 1. The minimum atomic E-state index is -0.809. The van der Waals surface area contributed by atoms with Gasteiger partial charge >= 0.3 is 12.1 Å². The van der Waals surface area contributed by atoms with Crippen molar-refractivity contribution in [2.24, 2.45) is 5.73 Å². The molecule has 1 amide bonds. The van der Waals surface area contributed by atoms with Gasteiger partial charge in [0.15, 0.2) is 11.5 Å². The Morgan fingerprint density at radius 3 is 2.61 bits per heavy atom. The molecule has 1 aliphatic rings. The van der Waals surface area contributed by atoms with Crippen molar-refractivity contribution in [1.29, 1.82) is 0 Å². The van der Waals surface area contributed by atoms with Gasteiger partial charge in [-0.3, -0.25) is 4.79 Å². The number of aromatic hydroxyl groups is 1. The molecule has 2 rings (SSSR count). The van der Waals surface area contributed by atoms with Crippen molar-refractivity contribution in [3.8, 4) is 11.5 Å². The Balaban J connectivity index is 0.00000264. The van der Waals surface area contributed by atoms with E-state index in [0.29, 0.717) is 18.7 Å². The third-order valence-electron chi connectivity index (χ3n) is 3.55. The normalized spacial score (nSPS) is 14.8. The van der Waals surface area contributed by atoms with E-state index in [2.05, 4.69) is 4.74 Å². The van der Waals surface area contributed by atoms with Gasteiger partial charge in [0.25, 0.3) is 0 Å². The van der Waals surface area contributed by atoms with Crippen LogP contribution in [0.3, 0.4) is 0 Å². The highest BCUT2D eigenvalue weighted by molar-refractivity contribution is 5.76. The Morgan fingerprint density at radius 2 is 2.00 bits per heavy atom. The molecule has 0 unspecified atom stereocenters. The zero-order chi connectivity index (χ0) is 16.1. The minimum absolute atomic E-state index is 0. The maximum atomic E-state index is 11.9. The zero-order valence-corrected chi connectivity index (χ0v) is 13.6. The number of halogens is 1. The quantitative estimate of drug-likeness (QED) is 0.615. The van der Waals surface area contributed by atoms with Crippen LogP contribution in [0.2, 0.25) is 0 Å². The number of hydrogen-bond donors (Lipinski definition) is 2. The molecule has 1 aromatic carbocycles. The van der Waals surface area contributed by atoms with Crippen LogP contribution in [0, 0.1) is 0 Å². The van der Waals surface area contributed by atoms with Gasteiger partial charge in [-0.05, 0) is 37.0 Å². The van der Waals surface area contributed by atoms with Gasteiger partial charge in [0.05, 0.1) is 7.11 Å². The lowest BCUT2D eigenvalue weighted by Crippen LogP contribution is -3.00. The Morgan fingerprint density at radius 1 is 1.35 bits per heavy atom. The first-order valence-electron chi connectivity index (χ1n) is 7.13. The minimum Gasteiger partial charge on any atom is -1.00 e. The molecule has 23 heavy (non-hydrogen) atoms. The molecule has 0 saturated carbocycles. The van der Waals surface area contributed by atoms with Gasteiger partial charge < -0.3 is 37.6 Å². The molecule has 128 valence electrons. The maximum Gasteiger partial charge on any atom is 0.415 e. The van der Waals surface area contributed by atoms with Crippen LogP contribution in [0.25, 0.3) is 0 Å². The second kappa shape index (κ2) is 8.59. The predicted octanol–water partition coefficient (Wildman–Crippen LogP) is -1.97. The van der Waals surface area contributed by atoms with E-state index in [1.807, 2.05) is 0 Å². The highest BCUT2D eigenvalue weighted by Gasteiger charge is 2.21. The third kappa shape index (κ3) is 5.01. The fourth-order valence-corrected chi connectivity index (χ4v) is 2.31. The van der Waals surface area contributed by atoms with Crippen LogP contribution in [0.1, 0.15) is 18.4 Å². The van der Waals surface area contributed by atoms with E-state index in [4.69, 9.17) is 10.5 Å². The molecule has 1 fully saturated rings. The van der Waals surface area contributed by atoms with E-state index < -0.39 is 18.1 Å². The van der Waals surface area contributed by atoms with Gasteiger partial charge in [-0.15, -0.1) is 0 Å². The number of amides is 1. The number of hydrogen-bond acceptors (Lipinski definition) is 6. The Kier molecular flexibility index (Phi) is 7.12. The number of likely N-dealkylation sites (tertiary alicyclic amines) is 1. The number of esters is 1. The van der Waals surface area contributed by atoms with Crippen molar-refractivity contribution >= 4 is 12.1 Å². The van der Waals surface area contributed by atoms with Crippen LogP contribution in [0.4, 0.5) is 4.79 Å². The van der Waals surface area contributed by atoms with Crippen LogP contribution >= 0.6 is 0 Å². The SMILES string of the molecule is COC(=O)[C@@H](N)Cc1ccc(O)c(OC(=O)N2CCCC2)c1.[Cl-]. The number of ether oxygens (including phenoxy) is 2. The van der Waals surface area contributed by atoms with Gasteiger partial charge in [0, 0.05) is 13.1 Å². The number of nitrogens with two attached hydrogens (primary N) is 1. The monoisotopic (exact) mass is 343 g/mol. The molecule has 0 aliphatic carbocycles. The van der Waals surface area contributed by atoms with Gasteiger partial charge in [-0.2, -0.15) is 0 Å². The average molecular weight is 344 g/mol. The van der Waals surface area contributed by atoms with E-state index in [9.17, 15) is 14.7 Å². The Hall–Kier alpha value is -1.99. The number of phenols is 1. The molecule has 8 heteroatoms. The molecule has 0 spiro atoms. The number of benzene rings is 1. The van der Waals surface area contributed by atoms with Crippen molar-refractivity contribution in [1.82, 2.24) is 4.90 Å². The number of carbonyl (C=O) groups excluding carboxylic acids is 2. The molecule has 3 N–H and O–H groups in total. The second-order valence-corrected chi connectivity index (χ2v) is 5.20. The number of carbonyl (C=O) groups is 2. The van der Waals surface area contributed by atoms with E-state index in [-0.39, 0.29) is 30.3 Å². The summed E-state index contributed by atoms with van der Waals surface area (Å²) in [4.78, 5) is 24.9. The van der Waals surface area contributed by atoms with Crippen LogP contribution in [0.5, 0.6) is 11.5 Å². The lowest BCUT2D eigenvalue weighted by molar-refractivity contribution is -0.142. The second-order valence-electron chi connectivity index (χ2n) is 5.20. The molecule has 1 aromatic rings. The molecule has 0 aromatic heterocycles. The molecule has 7 nitrogen and oxygen atoms in total. The summed E-state index contributed by atoms with van der Waals surface area (Å²) < 4.78 is 9.78. The summed E-state index contributed by atoms with van der Waals surface area (Å²) in [7, 11) is 1.27. The number of rotatable bonds is 4. The molecule has 0 radical (unpaired) electrons.